The Kier molecular flexibility index (Phi) is 2.87. The maximum Gasteiger partial charge on any atom is 0.150 e. The van der Waals surface area contributed by atoms with E-state index in [9.17, 15) is 4.79 Å². The van der Waals surface area contributed by atoms with Crippen LogP contribution in [0.4, 0.5) is 0 Å². The monoisotopic (exact) mass is 262 g/mol. The molecule has 0 aliphatic carbocycles. The van der Waals surface area contributed by atoms with E-state index in [-0.39, 0.29) is 0 Å². The molecule has 0 aliphatic heterocycles. The molecule has 2 heterocycles. The first-order valence-corrected chi connectivity index (χ1v) is 5.13. The summed E-state index contributed by atoms with van der Waals surface area (Å²) in [6, 6.07) is 8.94. The van der Waals surface area contributed by atoms with Crippen LogP contribution in [0.25, 0.3) is 11.4 Å². The molecule has 3 nitrogen and oxygen atoms in total. The minimum Gasteiger partial charge on any atom is -0.298 e. The van der Waals surface area contributed by atoms with Crippen molar-refractivity contribution < 1.29 is 4.79 Å². The molecule has 0 saturated heterocycles. The first kappa shape index (κ1) is 9.98. The number of carbonyl (C=O) groups is 1. The third-order valence-electron chi connectivity index (χ3n) is 1.90. The number of rotatable bonds is 2. The maximum absolute atomic E-state index is 10.6. The second-order valence-corrected chi connectivity index (χ2v) is 3.75. The highest BCUT2D eigenvalue weighted by molar-refractivity contribution is 9.10. The molecule has 0 amide bonds. The molecule has 15 heavy (non-hydrogen) atoms. The number of nitrogens with zero attached hydrogens (tertiary/aromatic N) is 2. The summed E-state index contributed by atoms with van der Waals surface area (Å²) in [5, 5.41) is 0. The second-order valence-electron chi connectivity index (χ2n) is 2.94. The lowest BCUT2D eigenvalue weighted by Crippen LogP contribution is -1.89. The molecule has 0 aromatic carbocycles. The van der Waals surface area contributed by atoms with E-state index in [1.807, 2.05) is 18.2 Å². The third kappa shape index (κ3) is 2.27. The first-order chi connectivity index (χ1) is 7.29. The van der Waals surface area contributed by atoms with Gasteiger partial charge >= 0.3 is 0 Å². The van der Waals surface area contributed by atoms with Crippen LogP contribution in [0.5, 0.6) is 0 Å². The predicted octanol–water partition coefficient (Wildman–Crippen LogP) is 2.72. The molecule has 0 radical (unpaired) electrons. The third-order valence-corrected chi connectivity index (χ3v) is 2.34. The van der Waals surface area contributed by atoms with E-state index in [0.29, 0.717) is 11.3 Å². The Morgan fingerprint density at radius 2 is 2.07 bits per heavy atom. The summed E-state index contributed by atoms with van der Waals surface area (Å²) >= 11 is 3.29. The van der Waals surface area contributed by atoms with Gasteiger partial charge in [0.05, 0.1) is 11.4 Å². The molecule has 2 aromatic rings. The smallest absolute Gasteiger partial charge is 0.150 e. The van der Waals surface area contributed by atoms with Gasteiger partial charge in [-0.2, -0.15) is 0 Å². The van der Waals surface area contributed by atoms with Gasteiger partial charge in [-0.3, -0.25) is 9.78 Å². The van der Waals surface area contributed by atoms with Gasteiger partial charge in [0.15, 0.2) is 0 Å². The van der Waals surface area contributed by atoms with Crippen LogP contribution in [0.2, 0.25) is 0 Å². The summed E-state index contributed by atoms with van der Waals surface area (Å²) in [4.78, 5) is 19.0. The van der Waals surface area contributed by atoms with Gasteiger partial charge in [-0.1, -0.05) is 6.07 Å². The normalized spacial score (nSPS) is 9.93. The minimum atomic E-state index is 0.599. The number of hydrogen-bond acceptors (Lipinski definition) is 3. The van der Waals surface area contributed by atoms with Crippen LogP contribution in [0.3, 0.4) is 0 Å². The zero-order valence-electron chi connectivity index (χ0n) is 7.72. The Labute approximate surface area is 95.3 Å². The SMILES string of the molecule is O=Cc1ccnc(-c2cccc(Br)n2)c1. The Bertz CT molecular complexity index is 499. The lowest BCUT2D eigenvalue weighted by molar-refractivity contribution is 0.112. The van der Waals surface area contributed by atoms with Crippen molar-refractivity contribution >= 4 is 22.2 Å². The van der Waals surface area contributed by atoms with E-state index in [0.717, 1.165) is 16.6 Å². The van der Waals surface area contributed by atoms with Crippen molar-refractivity contribution in [1.29, 1.82) is 0 Å². The van der Waals surface area contributed by atoms with E-state index in [4.69, 9.17) is 0 Å². The van der Waals surface area contributed by atoms with Crippen molar-refractivity contribution in [2.45, 2.75) is 0 Å². The molecule has 2 aromatic heterocycles. The lowest BCUT2D eigenvalue weighted by Gasteiger charge is -2.00. The highest BCUT2D eigenvalue weighted by Crippen LogP contribution is 2.17. The second kappa shape index (κ2) is 4.31. The number of aromatic nitrogens is 2. The quantitative estimate of drug-likeness (QED) is 0.618. The van der Waals surface area contributed by atoms with Gasteiger partial charge in [0.2, 0.25) is 0 Å². The Balaban J connectivity index is 2.49. The topological polar surface area (TPSA) is 42.9 Å². The Morgan fingerprint density at radius 1 is 1.20 bits per heavy atom. The van der Waals surface area contributed by atoms with Crippen molar-refractivity contribution in [2.75, 3.05) is 0 Å². The molecule has 0 spiro atoms. The number of aldehydes is 1. The molecule has 0 atom stereocenters. The summed E-state index contributed by atoms with van der Waals surface area (Å²) in [5.41, 5.74) is 2.04. The number of pyridine rings is 2. The summed E-state index contributed by atoms with van der Waals surface area (Å²) in [7, 11) is 0. The van der Waals surface area contributed by atoms with Gasteiger partial charge < -0.3 is 0 Å². The summed E-state index contributed by atoms with van der Waals surface area (Å²) < 4.78 is 0.748. The van der Waals surface area contributed by atoms with E-state index in [1.165, 1.54) is 0 Å². The van der Waals surface area contributed by atoms with Crippen molar-refractivity contribution in [1.82, 2.24) is 9.97 Å². The number of carbonyl (C=O) groups excluding carboxylic acids is 1. The van der Waals surface area contributed by atoms with Crippen LogP contribution in [-0.4, -0.2) is 16.3 Å². The summed E-state index contributed by atoms with van der Waals surface area (Å²) in [6.45, 7) is 0. The maximum atomic E-state index is 10.6. The fraction of sp³-hybridized carbons (Fsp3) is 0. The van der Waals surface area contributed by atoms with Crippen molar-refractivity contribution in [3.8, 4) is 11.4 Å². The molecule has 0 fully saturated rings. The number of hydrogen-bond donors (Lipinski definition) is 0. The van der Waals surface area contributed by atoms with Crippen LogP contribution in [0.1, 0.15) is 10.4 Å². The standard InChI is InChI=1S/C11H7BrN2O/c12-11-3-1-2-9(14-11)10-6-8(7-15)4-5-13-10/h1-7H. The van der Waals surface area contributed by atoms with Crippen LogP contribution in [0.15, 0.2) is 41.1 Å². The zero-order valence-corrected chi connectivity index (χ0v) is 9.31. The van der Waals surface area contributed by atoms with Crippen LogP contribution < -0.4 is 0 Å². The van der Waals surface area contributed by atoms with Gasteiger partial charge in [-0.05, 0) is 40.2 Å². The minimum absolute atomic E-state index is 0.599. The lowest BCUT2D eigenvalue weighted by atomic mass is 10.2. The van der Waals surface area contributed by atoms with Gasteiger partial charge in [0.25, 0.3) is 0 Å². The fourth-order valence-electron chi connectivity index (χ4n) is 1.21. The van der Waals surface area contributed by atoms with Gasteiger partial charge in [-0.25, -0.2) is 4.98 Å². The average Bonchev–Trinajstić information content (AvgIpc) is 2.29. The Hall–Kier alpha value is -1.55. The van der Waals surface area contributed by atoms with Crippen molar-refractivity contribution in [3.05, 3.63) is 46.7 Å². The molecule has 4 heteroatoms. The molecular formula is C11H7BrN2O. The fourth-order valence-corrected chi connectivity index (χ4v) is 1.55. The molecule has 0 aliphatic rings. The predicted molar refractivity (Wildman–Crippen MR) is 60.6 cm³/mol. The molecule has 0 bridgehead atoms. The average molecular weight is 263 g/mol. The van der Waals surface area contributed by atoms with Crippen LogP contribution in [0, 0.1) is 0 Å². The first-order valence-electron chi connectivity index (χ1n) is 4.34. The van der Waals surface area contributed by atoms with Crippen LogP contribution >= 0.6 is 15.9 Å². The zero-order chi connectivity index (χ0) is 10.7. The van der Waals surface area contributed by atoms with Crippen molar-refractivity contribution in [2.24, 2.45) is 0 Å². The van der Waals surface area contributed by atoms with E-state index >= 15 is 0 Å². The molecule has 0 N–H and O–H groups in total. The van der Waals surface area contributed by atoms with Gasteiger partial charge in [-0.15, -0.1) is 0 Å². The molecule has 0 saturated carbocycles. The summed E-state index contributed by atoms with van der Waals surface area (Å²) in [5.74, 6) is 0. The Morgan fingerprint density at radius 3 is 2.80 bits per heavy atom. The molecule has 74 valence electrons. The number of halogens is 1. The largest absolute Gasteiger partial charge is 0.298 e. The molecule has 2 rings (SSSR count). The van der Waals surface area contributed by atoms with E-state index in [1.54, 1.807) is 18.3 Å². The van der Waals surface area contributed by atoms with Gasteiger partial charge in [0.1, 0.15) is 10.9 Å². The molecule has 0 unspecified atom stereocenters. The highest BCUT2D eigenvalue weighted by atomic mass is 79.9. The van der Waals surface area contributed by atoms with E-state index < -0.39 is 0 Å². The van der Waals surface area contributed by atoms with Crippen molar-refractivity contribution in [3.63, 3.8) is 0 Å². The molecular weight excluding hydrogens is 256 g/mol. The van der Waals surface area contributed by atoms with Gasteiger partial charge in [0, 0.05) is 11.8 Å². The summed E-state index contributed by atoms with van der Waals surface area (Å²) in [6.07, 6.45) is 2.39. The van der Waals surface area contributed by atoms with E-state index in [2.05, 4.69) is 25.9 Å². The van der Waals surface area contributed by atoms with Crippen LogP contribution in [-0.2, 0) is 0 Å². The highest BCUT2D eigenvalue weighted by Gasteiger charge is 2.01.